The zero-order chi connectivity index (χ0) is 11.1. The molecule has 0 spiro atoms. The van der Waals surface area contributed by atoms with Gasteiger partial charge in [0.1, 0.15) is 0 Å². The smallest absolute Gasteiger partial charge is 0.236 e. The van der Waals surface area contributed by atoms with Crippen LogP contribution in [0, 0.1) is 5.95 Å². The van der Waals surface area contributed by atoms with Crippen LogP contribution < -0.4 is 5.73 Å². The van der Waals surface area contributed by atoms with Gasteiger partial charge in [-0.3, -0.25) is 0 Å². The van der Waals surface area contributed by atoms with Crippen LogP contribution in [0.1, 0.15) is 12.0 Å². The fourth-order valence-electron chi connectivity index (χ4n) is 0.970. The van der Waals surface area contributed by atoms with Gasteiger partial charge in [0, 0.05) is 17.7 Å². The number of azide groups is 1. The van der Waals surface area contributed by atoms with E-state index in [0.29, 0.717) is 13.0 Å². The zero-order valence-electron chi connectivity index (χ0n) is 7.97. The van der Waals surface area contributed by atoms with Crippen LogP contribution in [0.15, 0.2) is 23.5 Å². The lowest BCUT2D eigenvalue weighted by molar-refractivity contribution is 0.588. The van der Waals surface area contributed by atoms with Crippen LogP contribution in [-0.4, -0.2) is 11.5 Å². The topological polar surface area (TPSA) is 87.7 Å². The maximum Gasteiger partial charge on any atom is 0.236 e. The number of pyridine rings is 1. The van der Waals surface area contributed by atoms with E-state index in [0.717, 1.165) is 5.56 Å². The second-order valence-electron chi connectivity index (χ2n) is 2.79. The lowest BCUT2D eigenvalue weighted by Gasteiger charge is -1.96. The fraction of sp³-hybridized carbons (Fsp3) is 0.222. The molecule has 6 heteroatoms. The van der Waals surface area contributed by atoms with Gasteiger partial charge in [-0.1, -0.05) is 17.3 Å². The SMILES string of the molecule is [N-]=[N+]=NCCC=Cc1cnc(F)c(N)c1. The Labute approximate surface area is 86.1 Å². The van der Waals surface area contributed by atoms with E-state index in [4.69, 9.17) is 11.3 Å². The van der Waals surface area contributed by atoms with Crippen molar-refractivity contribution in [3.05, 3.63) is 40.3 Å². The Kier molecular flexibility index (Phi) is 4.12. The maximum absolute atomic E-state index is 12.7. The van der Waals surface area contributed by atoms with E-state index in [2.05, 4.69) is 15.0 Å². The average Bonchev–Trinajstić information content (AvgIpc) is 2.23. The summed E-state index contributed by atoms with van der Waals surface area (Å²) in [6, 6.07) is 1.49. The highest BCUT2D eigenvalue weighted by Gasteiger charge is 1.97. The first-order chi connectivity index (χ1) is 7.24. The van der Waals surface area contributed by atoms with Crippen molar-refractivity contribution in [1.82, 2.24) is 4.98 Å². The van der Waals surface area contributed by atoms with E-state index in [9.17, 15) is 4.39 Å². The molecule has 78 valence electrons. The third-order valence-electron chi connectivity index (χ3n) is 1.66. The Morgan fingerprint density at radius 2 is 2.47 bits per heavy atom. The number of halogens is 1. The predicted octanol–water partition coefficient (Wildman–Crippen LogP) is 2.52. The summed E-state index contributed by atoms with van der Waals surface area (Å²) in [4.78, 5) is 6.08. The molecule has 1 aromatic rings. The molecule has 0 atom stereocenters. The van der Waals surface area contributed by atoms with Crippen LogP contribution in [0.2, 0.25) is 0 Å². The summed E-state index contributed by atoms with van der Waals surface area (Å²) in [5.41, 5.74) is 14.1. The number of aromatic nitrogens is 1. The Bertz CT molecular complexity index is 409. The number of rotatable bonds is 4. The third kappa shape index (κ3) is 3.66. The van der Waals surface area contributed by atoms with Gasteiger partial charge in [0.25, 0.3) is 0 Å². The highest BCUT2D eigenvalue weighted by atomic mass is 19.1. The van der Waals surface area contributed by atoms with Gasteiger partial charge in [-0.05, 0) is 23.6 Å². The highest BCUT2D eigenvalue weighted by Crippen LogP contribution is 2.10. The first-order valence-corrected chi connectivity index (χ1v) is 4.32. The van der Waals surface area contributed by atoms with Gasteiger partial charge in [-0.15, -0.1) is 0 Å². The predicted molar refractivity (Wildman–Crippen MR) is 56.3 cm³/mol. The van der Waals surface area contributed by atoms with Crippen molar-refractivity contribution in [3.63, 3.8) is 0 Å². The molecule has 0 aliphatic carbocycles. The number of nitrogens with two attached hydrogens (primary N) is 1. The number of nitrogen functional groups attached to an aromatic ring is 1. The minimum absolute atomic E-state index is 0.0206. The van der Waals surface area contributed by atoms with Crippen molar-refractivity contribution in [2.24, 2.45) is 5.11 Å². The summed E-state index contributed by atoms with van der Waals surface area (Å²) in [5.74, 6) is -0.666. The van der Waals surface area contributed by atoms with Gasteiger partial charge < -0.3 is 5.73 Å². The molecule has 1 rings (SSSR count). The molecule has 0 aromatic carbocycles. The van der Waals surface area contributed by atoms with Gasteiger partial charge in [-0.2, -0.15) is 4.39 Å². The number of hydrogen-bond acceptors (Lipinski definition) is 3. The molecule has 0 radical (unpaired) electrons. The summed E-state index contributed by atoms with van der Waals surface area (Å²) in [7, 11) is 0. The van der Waals surface area contributed by atoms with Gasteiger partial charge in [0.2, 0.25) is 5.95 Å². The van der Waals surface area contributed by atoms with Crippen molar-refractivity contribution in [1.29, 1.82) is 0 Å². The minimum Gasteiger partial charge on any atom is -0.395 e. The molecule has 2 N–H and O–H groups in total. The van der Waals surface area contributed by atoms with Crippen molar-refractivity contribution in [2.45, 2.75) is 6.42 Å². The molecule has 0 saturated carbocycles. The number of anilines is 1. The van der Waals surface area contributed by atoms with Crippen LogP contribution >= 0.6 is 0 Å². The minimum atomic E-state index is -0.666. The number of nitrogens with zero attached hydrogens (tertiary/aromatic N) is 4. The van der Waals surface area contributed by atoms with Crippen LogP contribution in [0.4, 0.5) is 10.1 Å². The molecule has 1 aromatic heterocycles. The van der Waals surface area contributed by atoms with E-state index in [-0.39, 0.29) is 5.69 Å². The normalized spacial score (nSPS) is 10.2. The van der Waals surface area contributed by atoms with E-state index in [1.54, 1.807) is 6.08 Å². The Morgan fingerprint density at radius 3 is 3.13 bits per heavy atom. The van der Waals surface area contributed by atoms with Crippen molar-refractivity contribution in [2.75, 3.05) is 12.3 Å². The first kappa shape index (κ1) is 11.0. The highest BCUT2D eigenvalue weighted by molar-refractivity contribution is 5.53. The molecule has 0 amide bonds. The molecule has 0 aliphatic rings. The summed E-state index contributed by atoms with van der Waals surface area (Å²) in [5, 5.41) is 3.36. The summed E-state index contributed by atoms with van der Waals surface area (Å²) in [6.07, 6.45) is 5.57. The van der Waals surface area contributed by atoms with Gasteiger partial charge in [0.15, 0.2) is 0 Å². The molecule has 1 heterocycles. The van der Waals surface area contributed by atoms with Crippen LogP contribution in [-0.2, 0) is 0 Å². The van der Waals surface area contributed by atoms with E-state index in [1.807, 2.05) is 6.08 Å². The molecule has 5 nitrogen and oxygen atoms in total. The van der Waals surface area contributed by atoms with Crippen molar-refractivity contribution in [3.8, 4) is 0 Å². The van der Waals surface area contributed by atoms with Crippen LogP contribution in [0.5, 0.6) is 0 Å². The van der Waals surface area contributed by atoms with Gasteiger partial charge >= 0.3 is 0 Å². The fourth-order valence-corrected chi connectivity index (χ4v) is 0.970. The lowest BCUT2D eigenvalue weighted by Crippen LogP contribution is -1.93. The van der Waals surface area contributed by atoms with Crippen LogP contribution in [0.25, 0.3) is 16.5 Å². The molecule has 0 saturated heterocycles. The Morgan fingerprint density at radius 1 is 1.67 bits per heavy atom. The largest absolute Gasteiger partial charge is 0.395 e. The Balaban J connectivity index is 2.56. The average molecular weight is 207 g/mol. The van der Waals surface area contributed by atoms with Gasteiger partial charge in [0.05, 0.1) is 5.69 Å². The third-order valence-corrected chi connectivity index (χ3v) is 1.66. The van der Waals surface area contributed by atoms with E-state index >= 15 is 0 Å². The molecular formula is C9H10FN5. The van der Waals surface area contributed by atoms with E-state index < -0.39 is 5.95 Å². The molecular weight excluding hydrogens is 197 g/mol. The van der Waals surface area contributed by atoms with E-state index in [1.165, 1.54) is 12.3 Å². The molecule has 0 unspecified atom stereocenters. The first-order valence-electron chi connectivity index (χ1n) is 4.32. The maximum atomic E-state index is 12.7. The molecule has 0 fully saturated rings. The van der Waals surface area contributed by atoms with Crippen LogP contribution in [0.3, 0.4) is 0 Å². The Hall–Kier alpha value is -2.07. The lowest BCUT2D eigenvalue weighted by atomic mass is 10.2. The summed E-state index contributed by atoms with van der Waals surface area (Å²) in [6.45, 7) is 0.400. The standard InChI is InChI=1S/C9H10FN5/c10-9-8(11)5-7(6-13-9)3-1-2-4-14-15-12/h1,3,5-6H,2,4,11H2. The number of hydrogen-bond donors (Lipinski definition) is 1. The molecule has 0 aliphatic heterocycles. The molecule has 0 bridgehead atoms. The molecule has 15 heavy (non-hydrogen) atoms. The van der Waals surface area contributed by atoms with Crippen molar-refractivity contribution < 1.29 is 4.39 Å². The monoisotopic (exact) mass is 207 g/mol. The summed E-state index contributed by atoms with van der Waals surface area (Å²) >= 11 is 0. The summed E-state index contributed by atoms with van der Waals surface area (Å²) < 4.78 is 12.7. The second-order valence-corrected chi connectivity index (χ2v) is 2.79. The van der Waals surface area contributed by atoms with Gasteiger partial charge in [-0.25, -0.2) is 4.98 Å². The van der Waals surface area contributed by atoms with Crippen molar-refractivity contribution >= 4 is 11.8 Å². The second kappa shape index (κ2) is 5.62. The quantitative estimate of drug-likeness (QED) is 0.270. The zero-order valence-corrected chi connectivity index (χ0v) is 7.97.